The standard InChI is InChI=1S/C18H37NO4/c1-8-9-10-13(19)16-22-14(11-20-17(2,3)4)15(23-16)12-21-18(5,6)7/h13-16H,8-12,19H2,1-7H3/t13-,14-,15-/m0/s1. The minimum Gasteiger partial charge on any atom is -0.373 e. The van der Waals surface area contributed by atoms with Crippen molar-refractivity contribution in [3.05, 3.63) is 0 Å². The van der Waals surface area contributed by atoms with Gasteiger partial charge in [0.2, 0.25) is 0 Å². The lowest BCUT2D eigenvalue weighted by atomic mass is 10.1. The van der Waals surface area contributed by atoms with Gasteiger partial charge >= 0.3 is 0 Å². The fourth-order valence-corrected chi connectivity index (χ4v) is 2.29. The van der Waals surface area contributed by atoms with E-state index >= 15 is 0 Å². The number of rotatable bonds is 8. The van der Waals surface area contributed by atoms with Crippen LogP contribution in [0.25, 0.3) is 0 Å². The van der Waals surface area contributed by atoms with E-state index in [1.807, 2.05) is 41.5 Å². The lowest BCUT2D eigenvalue weighted by Crippen LogP contribution is -2.37. The van der Waals surface area contributed by atoms with Crippen molar-refractivity contribution >= 4 is 0 Å². The fourth-order valence-electron chi connectivity index (χ4n) is 2.29. The van der Waals surface area contributed by atoms with Crippen molar-refractivity contribution in [3.63, 3.8) is 0 Å². The predicted molar refractivity (Wildman–Crippen MR) is 92.4 cm³/mol. The third kappa shape index (κ3) is 8.45. The maximum absolute atomic E-state index is 6.22. The van der Waals surface area contributed by atoms with Crippen molar-refractivity contribution in [2.24, 2.45) is 5.73 Å². The Morgan fingerprint density at radius 1 is 0.913 bits per heavy atom. The van der Waals surface area contributed by atoms with Gasteiger partial charge in [-0.05, 0) is 48.0 Å². The van der Waals surface area contributed by atoms with Gasteiger partial charge in [-0.3, -0.25) is 0 Å². The molecule has 1 fully saturated rings. The molecule has 0 spiro atoms. The van der Waals surface area contributed by atoms with Crippen LogP contribution in [0.1, 0.15) is 67.7 Å². The molecule has 1 aliphatic heterocycles. The van der Waals surface area contributed by atoms with E-state index in [1.54, 1.807) is 0 Å². The summed E-state index contributed by atoms with van der Waals surface area (Å²) in [5, 5.41) is 0. The summed E-state index contributed by atoms with van der Waals surface area (Å²) in [6, 6.07) is -0.105. The minimum atomic E-state index is -0.372. The van der Waals surface area contributed by atoms with E-state index in [4.69, 9.17) is 24.7 Å². The Morgan fingerprint density at radius 3 is 1.70 bits per heavy atom. The molecule has 5 heteroatoms. The SMILES string of the molecule is CCCC[C@H](N)C1O[C@@H](COC(C)(C)C)[C@H](COC(C)(C)C)O1. The van der Waals surface area contributed by atoms with Gasteiger partial charge in [0.1, 0.15) is 12.2 Å². The zero-order chi connectivity index (χ0) is 17.7. The molecule has 0 aromatic heterocycles. The van der Waals surface area contributed by atoms with E-state index < -0.39 is 0 Å². The van der Waals surface area contributed by atoms with Crippen LogP contribution in [-0.4, -0.2) is 49.0 Å². The third-order valence-electron chi connectivity index (χ3n) is 3.63. The van der Waals surface area contributed by atoms with Crippen LogP contribution < -0.4 is 5.73 Å². The van der Waals surface area contributed by atoms with Crippen molar-refractivity contribution in [1.29, 1.82) is 0 Å². The Kier molecular flexibility index (Phi) is 7.94. The maximum Gasteiger partial charge on any atom is 0.173 e. The molecule has 0 bridgehead atoms. The summed E-state index contributed by atoms with van der Waals surface area (Å²) >= 11 is 0. The predicted octanol–water partition coefficient (Wildman–Crippen LogP) is 3.24. The number of nitrogens with two attached hydrogens (primary N) is 1. The topological polar surface area (TPSA) is 62.9 Å². The van der Waals surface area contributed by atoms with Crippen molar-refractivity contribution < 1.29 is 18.9 Å². The maximum atomic E-state index is 6.22. The molecule has 0 radical (unpaired) electrons. The molecule has 1 heterocycles. The molecule has 0 aromatic carbocycles. The molecule has 1 saturated heterocycles. The lowest BCUT2D eigenvalue weighted by Gasteiger charge is -2.26. The van der Waals surface area contributed by atoms with Crippen LogP contribution in [-0.2, 0) is 18.9 Å². The molecule has 0 unspecified atom stereocenters. The molecule has 138 valence electrons. The third-order valence-corrected chi connectivity index (χ3v) is 3.63. The Balaban J connectivity index is 2.61. The van der Waals surface area contributed by atoms with E-state index in [0.717, 1.165) is 19.3 Å². The molecule has 0 amide bonds. The zero-order valence-electron chi connectivity index (χ0n) is 16.1. The summed E-state index contributed by atoms with van der Waals surface area (Å²) in [6.45, 7) is 15.3. The average Bonchev–Trinajstić information content (AvgIpc) is 2.82. The zero-order valence-corrected chi connectivity index (χ0v) is 16.1. The second-order valence-corrected chi connectivity index (χ2v) is 8.37. The second kappa shape index (κ2) is 8.77. The van der Waals surface area contributed by atoms with Crippen LogP contribution in [0.3, 0.4) is 0 Å². The average molecular weight is 331 g/mol. The molecule has 23 heavy (non-hydrogen) atoms. The highest BCUT2D eigenvalue weighted by Gasteiger charge is 2.40. The first-order valence-electron chi connectivity index (χ1n) is 8.86. The van der Waals surface area contributed by atoms with Gasteiger partial charge in [-0.2, -0.15) is 0 Å². The van der Waals surface area contributed by atoms with E-state index in [-0.39, 0.29) is 35.7 Å². The molecule has 5 nitrogen and oxygen atoms in total. The first-order chi connectivity index (χ1) is 10.5. The highest BCUT2D eigenvalue weighted by atomic mass is 16.7. The summed E-state index contributed by atoms with van der Waals surface area (Å²) in [5.74, 6) is 0. The van der Waals surface area contributed by atoms with Crippen LogP contribution in [0.15, 0.2) is 0 Å². The van der Waals surface area contributed by atoms with Crippen molar-refractivity contribution in [2.75, 3.05) is 13.2 Å². The van der Waals surface area contributed by atoms with Crippen molar-refractivity contribution in [1.82, 2.24) is 0 Å². The van der Waals surface area contributed by atoms with Gasteiger partial charge in [0.05, 0.1) is 30.5 Å². The summed E-state index contributed by atoms with van der Waals surface area (Å²) < 4.78 is 23.8. The molecule has 2 N–H and O–H groups in total. The summed E-state index contributed by atoms with van der Waals surface area (Å²) in [7, 11) is 0. The monoisotopic (exact) mass is 331 g/mol. The van der Waals surface area contributed by atoms with Gasteiger partial charge in [0.15, 0.2) is 6.29 Å². The number of hydrogen-bond acceptors (Lipinski definition) is 5. The summed E-state index contributed by atoms with van der Waals surface area (Å²) in [4.78, 5) is 0. The smallest absolute Gasteiger partial charge is 0.173 e. The minimum absolute atomic E-state index is 0.105. The quantitative estimate of drug-likeness (QED) is 0.740. The van der Waals surface area contributed by atoms with E-state index in [9.17, 15) is 0 Å². The molecular weight excluding hydrogens is 294 g/mol. The number of ether oxygens (including phenoxy) is 4. The molecule has 0 saturated carbocycles. The molecule has 0 aliphatic carbocycles. The Labute approximate surface area is 142 Å². The molecule has 1 rings (SSSR count). The molecule has 3 atom stereocenters. The van der Waals surface area contributed by atoms with Gasteiger partial charge in [0.25, 0.3) is 0 Å². The highest BCUT2D eigenvalue weighted by molar-refractivity contribution is 4.83. The van der Waals surface area contributed by atoms with Crippen LogP contribution in [0, 0.1) is 0 Å². The highest BCUT2D eigenvalue weighted by Crippen LogP contribution is 2.26. The van der Waals surface area contributed by atoms with E-state index in [2.05, 4.69) is 6.92 Å². The summed E-state index contributed by atoms with van der Waals surface area (Å²) in [6.07, 6.45) is 2.44. The van der Waals surface area contributed by atoms with Gasteiger partial charge < -0.3 is 24.7 Å². The Bertz CT molecular complexity index is 309. The van der Waals surface area contributed by atoms with Crippen LogP contribution in [0.5, 0.6) is 0 Å². The lowest BCUT2D eigenvalue weighted by molar-refractivity contribution is -0.107. The first kappa shape index (κ1) is 20.8. The molecule has 0 aromatic rings. The molecule has 1 aliphatic rings. The number of hydrogen-bond donors (Lipinski definition) is 1. The van der Waals surface area contributed by atoms with Gasteiger partial charge in [-0.1, -0.05) is 19.8 Å². The second-order valence-electron chi connectivity index (χ2n) is 8.37. The van der Waals surface area contributed by atoms with Crippen LogP contribution >= 0.6 is 0 Å². The Hall–Kier alpha value is -0.200. The first-order valence-corrected chi connectivity index (χ1v) is 8.86. The van der Waals surface area contributed by atoms with Gasteiger partial charge in [0, 0.05) is 0 Å². The normalized spacial score (nSPS) is 25.0. The van der Waals surface area contributed by atoms with E-state index in [0.29, 0.717) is 13.2 Å². The fraction of sp³-hybridized carbons (Fsp3) is 1.00. The largest absolute Gasteiger partial charge is 0.373 e. The summed E-state index contributed by atoms with van der Waals surface area (Å²) in [5.41, 5.74) is 5.81. The van der Waals surface area contributed by atoms with Crippen molar-refractivity contribution in [3.8, 4) is 0 Å². The molecular formula is C18H37NO4. The van der Waals surface area contributed by atoms with Gasteiger partial charge in [-0.15, -0.1) is 0 Å². The van der Waals surface area contributed by atoms with E-state index in [1.165, 1.54) is 0 Å². The van der Waals surface area contributed by atoms with Crippen molar-refractivity contribution in [2.45, 2.75) is 103 Å². The van der Waals surface area contributed by atoms with Crippen LogP contribution in [0.2, 0.25) is 0 Å². The van der Waals surface area contributed by atoms with Gasteiger partial charge in [-0.25, -0.2) is 0 Å². The number of unbranched alkanes of at least 4 members (excludes halogenated alkanes) is 1. The van der Waals surface area contributed by atoms with Crippen LogP contribution in [0.4, 0.5) is 0 Å². The Morgan fingerprint density at radius 2 is 1.35 bits per heavy atom.